The van der Waals surface area contributed by atoms with Crippen molar-refractivity contribution in [3.05, 3.63) is 22.4 Å². The molecule has 1 aromatic heterocycles. The van der Waals surface area contributed by atoms with Crippen LogP contribution in [0.4, 0.5) is 0 Å². The van der Waals surface area contributed by atoms with Gasteiger partial charge in [0.2, 0.25) is 0 Å². The third kappa shape index (κ3) is 7.03. The summed E-state index contributed by atoms with van der Waals surface area (Å²) in [6.45, 7) is 7.99. The molecule has 0 saturated carbocycles. The van der Waals surface area contributed by atoms with E-state index in [9.17, 15) is 5.11 Å². The molecular formula is C20H35IN4O3S. The number of hydrogen-bond acceptors (Lipinski definition) is 6. The number of nitrogens with zero attached hydrogens (tertiary/aromatic N) is 2. The zero-order valence-corrected chi connectivity index (χ0v) is 20.6. The van der Waals surface area contributed by atoms with Crippen LogP contribution >= 0.6 is 35.3 Å². The van der Waals surface area contributed by atoms with Crippen molar-refractivity contribution >= 4 is 41.3 Å². The number of morpholine rings is 1. The minimum absolute atomic E-state index is 0. The molecule has 3 heterocycles. The minimum atomic E-state index is -0.000829. The summed E-state index contributed by atoms with van der Waals surface area (Å²) in [6.07, 6.45) is 1.98. The van der Waals surface area contributed by atoms with Crippen LogP contribution in [0.15, 0.2) is 22.5 Å². The van der Waals surface area contributed by atoms with Crippen molar-refractivity contribution in [1.82, 2.24) is 15.5 Å². The van der Waals surface area contributed by atoms with Gasteiger partial charge in [-0.3, -0.25) is 9.89 Å². The van der Waals surface area contributed by atoms with Crippen LogP contribution in [0.25, 0.3) is 0 Å². The van der Waals surface area contributed by atoms with Crippen molar-refractivity contribution in [2.75, 3.05) is 59.7 Å². The molecule has 3 N–H and O–H groups in total. The van der Waals surface area contributed by atoms with Crippen LogP contribution in [-0.4, -0.2) is 81.7 Å². The van der Waals surface area contributed by atoms with Gasteiger partial charge in [0.15, 0.2) is 5.96 Å². The highest BCUT2D eigenvalue weighted by Crippen LogP contribution is 2.31. The standard InChI is InChI=1S/C20H34N4O3S.HI/c1-16-13-24(7-10-27-16)17(18-4-3-11-28-18)12-22-19(21-2)23-14-20(5-8-25)6-9-26-15-20;/h3-4,11,16-17,25H,5-10,12-15H2,1-2H3,(H2,21,22,23);1H. The molecule has 0 radical (unpaired) electrons. The van der Waals surface area contributed by atoms with Crippen LogP contribution in [0, 0.1) is 5.41 Å². The fraction of sp³-hybridized carbons (Fsp3) is 0.750. The maximum atomic E-state index is 9.42. The number of ether oxygens (including phenoxy) is 2. The molecule has 3 atom stereocenters. The van der Waals surface area contributed by atoms with Crippen LogP contribution in [0.5, 0.6) is 0 Å². The Kier molecular flexibility index (Phi) is 10.6. The summed E-state index contributed by atoms with van der Waals surface area (Å²) in [6, 6.07) is 4.62. The van der Waals surface area contributed by atoms with Crippen molar-refractivity contribution in [3.8, 4) is 0 Å². The fourth-order valence-electron chi connectivity index (χ4n) is 4.02. The molecule has 1 aromatic rings. The van der Waals surface area contributed by atoms with Crippen LogP contribution in [-0.2, 0) is 9.47 Å². The second kappa shape index (κ2) is 12.4. The van der Waals surface area contributed by atoms with Gasteiger partial charge in [-0.15, -0.1) is 35.3 Å². The Morgan fingerprint density at radius 3 is 2.93 bits per heavy atom. The molecule has 7 nitrogen and oxygen atoms in total. The van der Waals surface area contributed by atoms with E-state index in [-0.39, 0.29) is 42.1 Å². The molecule has 0 aromatic carbocycles. The molecule has 166 valence electrons. The summed E-state index contributed by atoms with van der Waals surface area (Å²) in [5.74, 6) is 0.798. The molecule has 2 fully saturated rings. The second-order valence-corrected chi connectivity index (χ2v) is 8.77. The Labute approximate surface area is 195 Å². The molecule has 3 rings (SSSR count). The fourth-order valence-corrected chi connectivity index (χ4v) is 4.88. The number of guanidine groups is 1. The van der Waals surface area contributed by atoms with Gasteiger partial charge in [0.05, 0.1) is 25.4 Å². The number of halogens is 1. The van der Waals surface area contributed by atoms with E-state index in [2.05, 4.69) is 45.0 Å². The van der Waals surface area contributed by atoms with E-state index in [0.717, 1.165) is 58.2 Å². The first-order chi connectivity index (χ1) is 13.7. The molecule has 0 aliphatic carbocycles. The first kappa shape index (κ1) is 24.8. The minimum Gasteiger partial charge on any atom is -0.396 e. The number of nitrogens with one attached hydrogen (secondary N) is 2. The van der Waals surface area contributed by atoms with E-state index in [4.69, 9.17) is 9.47 Å². The lowest BCUT2D eigenvalue weighted by atomic mass is 9.84. The lowest BCUT2D eigenvalue weighted by Gasteiger charge is -2.37. The average Bonchev–Trinajstić information content (AvgIpc) is 3.38. The smallest absolute Gasteiger partial charge is 0.191 e. The second-order valence-electron chi connectivity index (χ2n) is 7.79. The van der Waals surface area contributed by atoms with Gasteiger partial charge in [0, 0.05) is 56.7 Å². The Morgan fingerprint density at radius 2 is 2.31 bits per heavy atom. The number of rotatable bonds is 8. The van der Waals surface area contributed by atoms with E-state index < -0.39 is 0 Å². The molecule has 2 saturated heterocycles. The van der Waals surface area contributed by atoms with Gasteiger partial charge in [-0.1, -0.05) is 6.07 Å². The SMILES string of the molecule is CN=C(NCC(c1cccs1)N1CCOC(C)C1)NCC1(CCO)CCOC1.I. The zero-order valence-electron chi connectivity index (χ0n) is 17.4. The van der Waals surface area contributed by atoms with E-state index in [1.807, 2.05) is 0 Å². The lowest BCUT2D eigenvalue weighted by Crippen LogP contribution is -2.49. The first-order valence-corrected chi connectivity index (χ1v) is 11.1. The molecule has 2 aliphatic rings. The predicted molar refractivity (Wildman–Crippen MR) is 128 cm³/mol. The Bertz CT molecular complexity index is 611. The summed E-state index contributed by atoms with van der Waals surface area (Å²) >= 11 is 1.80. The van der Waals surface area contributed by atoms with E-state index >= 15 is 0 Å². The average molecular weight is 538 g/mol. The number of hydrogen-bond donors (Lipinski definition) is 3. The highest BCUT2D eigenvalue weighted by molar-refractivity contribution is 14.0. The van der Waals surface area contributed by atoms with Crippen LogP contribution < -0.4 is 10.6 Å². The highest BCUT2D eigenvalue weighted by Gasteiger charge is 2.34. The number of aliphatic hydroxyl groups is 1. The van der Waals surface area contributed by atoms with Gasteiger partial charge in [-0.25, -0.2) is 0 Å². The third-order valence-corrected chi connectivity index (χ3v) is 6.70. The maximum Gasteiger partial charge on any atom is 0.191 e. The topological polar surface area (TPSA) is 78.4 Å². The number of aliphatic imine (C=N–C) groups is 1. The van der Waals surface area contributed by atoms with Crippen molar-refractivity contribution in [1.29, 1.82) is 0 Å². The van der Waals surface area contributed by atoms with Crippen LogP contribution in [0.3, 0.4) is 0 Å². The summed E-state index contributed by atoms with van der Waals surface area (Å²) in [5, 5.41) is 18.5. The molecule has 0 spiro atoms. The summed E-state index contributed by atoms with van der Waals surface area (Å²) in [5.41, 5.74) is -0.000829. The molecule has 3 unspecified atom stereocenters. The summed E-state index contributed by atoms with van der Waals surface area (Å²) in [4.78, 5) is 8.26. The van der Waals surface area contributed by atoms with Crippen molar-refractivity contribution < 1.29 is 14.6 Å². The molecule has 0 amide bonds. The van der Waals surface area contributed by atoms with Gasteiger partial charge in [0.1, 0.15) is 0 Å². The van der Waals surface area contributed by atoms with Gasteiger partial charge >= 0.3 is 0 Å². The van der Waals surface area contributed by atoms with E-state index in [0.29, 0.717) is 12.6 Å². The predicted octanol–water partition coefficient (Wildman–Crippen LogP) is 2.08. The quantitative estimate of drug-likeness (QED) is 0.268. The van der Waals surface area contributed by atoms with Crippen molar-refractivity contribution in [2.24, 2.45) is 10.4 Å². The first-order valence-electron chi connectivity index (χ1n) is 10.2. The summed E-state index contributed by atoms with van der Waals surface area (Å²) in [7, 11) is 1.80. The van der Waals surface area contributed by atoms with Gasteiger partial charge in [-0.05, 0) is 31.2 Å². The molecule has 9 heteroatoms. The normalized spacial score (nSPS) is 26.7. The zero-order chi connectivity index (χ0) is 19.8. The molecular weight excluding hydrogens is 503 g/mol. The van der Waals surface area contributed by atoms with Crippen LogP contribution in [0.1, 0.15) is 30.7 Å². The Balaban J connectivity index is 0.00000300. The lowest BCUT2D eigenvalue weighted by molar-refractivity contribution is -0.0334. The van der Waals surface area contributed by atoms with Crippen LogP contribution in [0.2, 0.25) is 0 Å². The Morgan fingerprint density at radius 1 is 1.45 bits per heavy atom. The van der Waals surface area contributed by atoms with Gasteiger partial charge < -0.3 is 25.2 Å². The number of aliphatic hydroxyl groups excluding tert-OH is 1. The van der Waals surface area contributed by atoms with Gasteiger partial charge in [-0.2, -0.15) is 0 Å². The molecule has 0 bridgehead atoms. The monoisotopic (exact) mass is 538 g/mol. The van der Waals surface area contributed by atoms with Gasteiger partial charge in [0.25, 0.3) is 0 Å². The highest BCUT2D eigenvalue weighted by atomic mass is 127. The van der Waals surface area contributed by atoms with Crippen molar-refractivity contribution in [2.45, 2.75) is 31.9 Å². The summed E-state index contributed by atoms with van der Waals surface area (Å²) < 4.78 is 11.3. The van der Waals surface area contributed by atoms with E-state index in [1.165, 1.54) is 4.88 Å². The Hall–Kier alpha value is -0.460. The number of thiophene rings is 1. The van der Waals surface area contributed by atoms with Crippen molar-refractivity contribution in [3.63, 3.8) is 0 Å². The molecule has 29 heavy (non-hydrogen) atoms. The van der Waals surface area contributed by atoms with E-state index in [1.54, 1.807) is 18.4 Å². The largest absolute Gasteiger partial charge is 0.396 e. The maximum absolute atomic E-state index is 9.42. The third-order valence-electron chi connectivity index (χ3n) is 5.73. The molecule has 2 aliphatic heterocycles.